The van der Waals surface area contributed by atoms with E-state index in [1.54, 1.807) is 35.2 Å². The predicted molar refractivity (Wildman–Crippen MR) is 289 cm³/mol. The highest BCUT2D eigenvalue weighted by molar-refractivity contribution is 7.13. The van der Waals surface area contributed by atoms with Gasteiger partial charge in [0.2, 0.25) is 23.6 Å². The molecular formula is C53H70ClN9O15S. The minimum atomic E-state index is -1.46. The standard InChI is InChI=1S/C53H70ClN9O15S/c1-31-46(79-30-60-31)33-7-5-32(6-8-33)25-57-50(70)38-24-35(64)26-63(38)51(71)47(53(2,3)4)61-41(66)28-76-22-20-74-18-16-72-15-17-73-19-21-75-27-40(65)56-12-14-77-39-23-34(9-10-37(39)54)42(67)45-43(68)44(69)52(78-45)62-13-11-36-48(55)58-29-59-49(36)62/h5-11,13,23,29-30,35,38,42-45,47,52,64,67-69H,12,14-22,24-28H2,1-4H3,(H,56,65)(H,57,70)(H,61,66)(H2,55,58,59)/t35-,38+,42-,43+,44-,45-,47-,52-/m1/s1. The molecule has 26 heteroatoms. The highest BCUT2D eigenvalue weighted by atomic mass is 35.5. The number of halogens is 1. The highest BCUT2D eigenvalue weighted by Gasteiger charge is 2.48. The van der Waals surface area contributed by atoms with Gasteiger partial charge >= 0.3 is 0 Å². The van der Waals surface area contributed by atoms with Crippen LogP contribution in [0.2, 0.25) is 5.02 Å². The maximum atomic E-state index is 13.9. The van der Waals surface area contributed by atoms with Crippen molar-refractivity contribution in [3.8, 4) is 16.2 Å². The second-order valence-electron chi connectivity index (χ2n) is 19.9. The zero-order valence-corrected chi connectivity index (χ0v) is 46.0. The fourth-order valence-corrected chi connectivity index (χ4v) is 9.85. The monoisotopic (exact) mass is 1140 g/mol. The average molecular weight is 1140 g/mol. The molecule has 79 heavy (non-hydrogen) atoms. The summed E-state index contributed by atoms with van der Waals surface area (Å²) in [7, 11) is 0. The Kier molecular flexibility index (Phi) is 22.3. The Balaban J connectivity index is 0.685. The number of nitrogen functional groups attached to an aromatic ring is 1. The number of amides is 4. The van der Waals surface area contributed by atoms with Crippen LogP contribution in [0.1, 0.15) is 56.3 Å². The molecule has 2 fully saturated rings. The fourth-order valence-electron chi connectivity index (χ4n) is 8.87. The van der Waals surface area contributed by atoms with Gasteiger partial charge in [0.15, 0.2) is 6.23 Å². The number of rotatable bonds is 29. The Morgan fingerprint density at radius 3 is 2.15 bits per heavy atom. The number of hydrogen-bond acceptors (Lipinski definition) is 20. The van der Waals surface area contributed by atoms with Crippen LogP contribution in [0.25, 0.3) is 21.5 Å². The molecule has 3 aromatic heterocycles. The van der Waals surface area contributed by atoms with Crippen molar-refractivity contribution in [2.45, 2.75) is 89.5 Å². The molecule has 5 heterocycles. The number of aliphatic hydroxyl groups excluding tert-OH is 4. The minimum Gasteiger partial charge on any atom is -0.490 e. The summed E-state index contributed by atoms with van der Waals surface area (Å²) in [6, 6.07) is 12.1. The molecule has 430 valence electrons. The summed E-state index contributed by atoms with van der Waals surface area (Å²) in [5.74, 6) is -1.29. The number of nitrogens with two attached hydrogens (primary N) is 1. The lowest BCUT2D eigenvalue weighted by molar-refractivity contribution is -0.144. The number of nitrogens with one attached hydrogen (secondary N) is 3. The van der Waals surface area contributed by atoms with Crippen LogP contribution in [0.15, 0.2) is 66.6 Å². The highest BCUT2D eigenvalue weighted by Crippen LogP contribution is 2.39. The topological polar surface area (TPSA) is 323 Å². The molecule has 5 aromatic rings. The second kappa shape index (κ2) is 29.0. The Hall–Kier alpha value is -5.94. The van der Waals surface area contributed by atoms with Crippen LogP contribution in [0.4, 0.5) is 5.82 Å². The quantitative estimate of drug-likeness (QED) is 0.0317. The van der Waals surface area contributed by atoms with E-state index >= 15 is 0 Å². The number of aryl methyl sites for hydroxylation is 1. The van der Waals surface area contributed by atoms with Gasteiger partial charge in [-0.1, -0.05) is 62.7 Å². The van der Waals surface area contributed by atoms with E-state index < -0.39 is 72.0 Å². The number of carbonyl (C=O) groups excluding carboxylic acids is 4. The number of hydrogen-bond donors (Lipinski definition) is 8. The van der Waals surface area contributed by atoms with Gasteiger partial charge in [0.1, 0.15) is 79.9 Å². The zero-order chi connectivity index (χ0) is 56.6. The maximum absolute atomic E-state index is 13.9. The second-order valence-corrected chi connectivity index (χ2v) is 21.2. The van der Waals surface area contributed by atoms with Crippen LogP contribution in [-0.2, 0) is 54.1 Å². The van der Waals surface area contributed by atoms with Gasteiger partial charge in [-0.05, 0) is 47.2 Å². The number of anilines is 1. The average Bonchev–Trinajstić information content (AvgIpc) is 4.42. The molecule has 8 atom stereocenters. The lowest BCUT2D eigenvalue weighted by Gasteiger charge is -2.35. The Labute approximate surface area is 465 Å². The number of fused-ring (bicyclic) bond motifs is 1. The predicted octanol–water partition coefficient (Wildman–Crippen LogP) is 1.84. The van der Waals surface area contributed by atoms with E-state index in [0.29, 0.717) is 23.2 Å². The largest absolute Gasteiger partial charge is 0.490 e. The number of nitrogens with zero attached hydrogens (tertiary/aromatic N) is 5. The smallest absolute Gasteiger partial charge is 0.246 e. The van der Waals surface area contributed by atoms with Crippen molar-refractivity contribution in [1.29, 1.82) is 0 Å². The van der Waals surface area contributed by atoms with Crippen molar-refractivity contribution >= 4 is 63.4 Å². The molecule has 0 radical (unpaired) electrons. The number of aliphatic hydroxyl groups is 4. The van der Waals surface area contributed by atoms with Gasteiger partial charge in [-0.3, -0.25) is 19.2 Å². The minimum absolute atomic E-state index is 0.0377. The van der Waals surface area contributed by atoms with Crippen molar-refractivity contribution in [1.82, 2.24) is 40.4 Å². The van der Waals surface area contributed by atoms with E-state index in [1.165, 1.54) is 27.9 Å². The Morgan fingerprint density at radius 1 is 0.848 bits per heavy atom. The van der Waals surface area contributed by atoms with Gasteiger partial charge in [0.25, 0.3) is 0 Å². The lowest BCUT2D eigenvalue weighted by atomic mass is 9.85. The molecule has 0 unspecified atom stereocenters. The first-order valence-corrected chi connectivity index (χ1v) is 27.1. The maximum Gasteiger partial charge on any atom is 0.246 e. The molecule has 2 aliphatic rings. The molecule has 9 N–H and O–H groups in total. The normalized spacial score (nSPS) is 20.1. The summed E-state index contributed by atoms with van der Waals surface area (Å²) in [4.78, 5) is 67.5. The third kappa shape index (κ3) is 16.6. The number of β-amino-alcohol motifs (C(OH)–C–C–N with tert-alkyl or cyclic N) is 1. The first kappa shape index (κ1) is 60.7. The molecule has 0 aliphatic carbocycles. The summed E-state index contributed by atoms with van der Waals surface area (Å²) < 4.78 is 40.7. The summed E-state index contributed by atoms with van der Waals surface area (Å²) in [5.41, 5.74) is 10.6. The molecule has 2 aliphatic heterocycles. The Morgan fingerprint density at radius 2 is 1.51 bits per heavy atom. The van der Waals surface area contributed by atoms with E-state index in [0.717, 1.165) is 21.7 Å². The van der Waals surface area contributed by atoms with Crippen LogP contribution in [0, 0.1) is 12.3 Å². The number of aromatic nitrogens is 4. The van der Waals surface area contributed by atoms with Gasteiger partial charge in [-0.2, -0.15) is 0 Å². The summed E-state index contributed by atoms with van der Waals surface area (Å²) in [6.45, 7) is 9.04. The summed E-state index contributed by atoms with van der Waals surface area (Å²) in [6.07, 6.45) is -4.47. The fraction of sp³-hybridized carbons (Fsp3) is 0.528. The molecule has 0 saturated carbocycles. The van der Waals surface area contributed by atoms with Gasteiger partial charge < -0.3 is 84.7 Å². The van der Waals surface area contributed by atoms with Gasteiger partial charge in [0.05, 0.1) is 92.0 Å². The van der Waals surface area contributed by atoms with Crippen molar-refractivity contribution in [2.24, 2.45) is 5.41 Å². The Bertz CT molecular complexity index is 2800. The first-order valence-electron chi connectivity index (χ1n) is 25.8. The van der Waals surface area contributed by atoms with Crippen LogP contribution in [0.5, 0.6) is 5.75 Å². The van der Waals surface area contributed by atoms with Crippen molar-refractivity contribution < 1.29 is 72.8 Å². The summed E-state index contributed by atoms with van der Waals surface area (Å²) in [5, 5.41) is 52.6. The molecule has 7 rings (SSSR count). The van der Waals surface area contributed by atoms with E-state index in [4.69, 9.17) is 50.5 Å². The molecule has 2 aromatic carbocycles. The van der Waals surface area contributed by atoms with Crippen LogP contribution >= 0.6 is 22.9 Å². The van der Waals surface area contributed by atoms with E-state index in [1.807, 2.05) is 52.0 Å². The molecule has 24 nitrogen and oxygen atoms in total. The lowest BCUT2D eigenvalue weighted by Crippen LogP contribution is -2.58. The number of thiazole rings is 1. The molecule has 4 amide bonds. The van der Waals surface area contributed by atoms with E-state index in [9.17, 15) is 39.6 Å². The number of likely N-dealkylation sites (tertiary alicyclic amines) is 1. The van der Waals surface area contributed by atoms with Crippen molar-refractivity contribution in [2.75, 3.05) is 91.5 Å². The molecule has 2 saturated heterocycles. The van der Waals surface area contributed by atoms with Crippen LogP contribution in [0.3, 0.4) is 0 Å². The third-order valence-electron chi connectivity index (χ3n) is 13.0. The SMILES string of the molecule is Cc1ncsc1-c1ccc(CNC(=O)[C@@H]2C[C@@H](O)CN2C(=O)[C@@H](NC(=O)COCCOCCOCCOCCOCC(=O)NCCOc2cc([C@@H](O)[C@H]3O[C@@H](n4ccc5c(N)ncnc54)[C@H](O)[C@@H]3O)ccc2Cl)C(C)(C)C)cc1. The van der Waals surface area contributed by atoms with Gasteiger partial charge in [-0.25, -0.2) is 15.0 Å². The molecule has 0 bridgehead atoms. The first-order chi connectivity index (χ1) is 37.9. The van der Waals surface area contributed by atoms with E-state index in [2.05, 4.69) is 30.9 Å². The number of ether oxygens (including phenoxy) is 7. The van der Waals surface area contributed by atoms with Gasteiger partial charge in [-0.15, -0.1) is 11.3 Å². The van der Waals surface area contributed by atoms with Crippen molar-refractivity contribution in [3.63, 3.8) is 0 Å². The number of benzene rings is 2. The van der Waals surface area contributed by atoms with Crippen molar-refractivity contribution in [3.05, 3.63) is 88.4 Å². The molecule has 0 spiro atoms. The summed E-state index contributed by atoms with van der Waals surface area (Å²) >= 11 is 7.91. The third-order valence-corrected chi connectivity index (χ3v) is 14.3. The zero-order valence-electron chi connectivity index (χ0n) is 44.5. The van der Waals surface area contributed by atoms with Crippen LogP contribution in [-0.4, -0.2) is 191 Å². The van der Waals surface area contributed by atoms with E-state index in [-0.39, 0.29) is 115 Å². The molecular weight excluding hydrogens is 1070 g/mol. The number of carbonyl (C=O) groups is 4. The van der Waals surface area contributed by atoms with Gasteiger partial charge in [0, 0.05) is 25.7 Å². The van der Waals surface area contributed by atoms with Crippen LogP contribution < -0.4 is 26.4 Å².